The first-order chi connectivity index (χ1) is 11.8. The zero-order chi connectivity index (χ0) is 18.2. The van der Waals surface area contributed by atoms with E-state index in [9.17, 15) is 18.5 Å². The highest BCUT2D eigenvalue weighted by molar-refractivity contribution is 7.89. The predicted molar refractivity (Wildman–Crippen MR) is 93.6 cm³/mol. The fourth-order valence-corrected chi connectivity index (χ4v) is 4.26. The van der Waals surface area contributed by atoms with E-state index >= 15 is 0 Å². The van der Waals surface area contributed by atoms with Gasteiger partial charge in [0.2, 0.25) is 10.0 Å². The first-order valence-corrected chi connectivity index (χ1v) is 9.33. The molecule has 25 heavy (non-hydrogen) atoms. The molecule has 0 radical (unpaired) electrons. The number of sulfonamides is 1. The van der Waals surface area contributed by atoms with Gasteiger partial charge in [0.15, 0.2) is 0 Å². The van der Waals surface area contributed by atoms with Crippen LogP contribution in [0.4, 0.5) is 5.69 Å². The molecule has 8 heteroatoms. The standard InChI is InChI=1S/C17H19N3O4S/c1-11-5-16(20(21)22)7-17(12(11)2)25(23,24)19-8-13-3-4-14-9-18-10-15(14)6-13/h3-7,18-19H,8-10H2,1-2H3. The summed E-state index contributed by atoms with van der Waals surface area (Å²) in [5, 5.41) is 14.3. The molecule has 0 aliphatic carbocycles. The number of hydrogen-bond donors (Lipinski definition) is 2. The molecule has 0 atom stereocenters. The monoisotopic (exact) mass is 361 g/mol. The van der Waals surface area contributed by atoms with Crippen molar-refractivity contribution in [3.05, 3.63) is 68.3 Å². The van der Waals surface area contributed by atoms with Gasteiger partial charge in [-0.05, 0) is 41.7 Å². The molecule has 1 heterocycles. The fraction of sp³-hybridized carbons (Fsp3) is 0.294. The van der Waals surface area contributed by atoms with Crippen LogP contribution in [0.5, 0.6) is 0 Å². The number of benzene rings is 2. The van der Waals surface area contributed by atoms with E-state index in [1.807, 2.05) is 18.2 Å². The molecule has 3 rings (SSSR count). The predicted octanol–water partition coefficient (Wildman–Crippen LogP) is 2.29. The second kappa shape index (κ2) is 6.55. The number of aryl methyl sites for hydroxylation is 1. The van der Waals surface area contributed by atoms with E-state index in [1.165, 1.54) is 17.2 Å². The topological polar surface area (TPSA) is 101 Å². The summed E-state index contributed by atoms with van der Waals surface area (Å²) < 4.78 is 27.8. The first kappa shape index (κ1) is 17.5. The molecule has 1 aliphatic rings. The summed E-state index contributed by atoms with van der Waals surface area (Å²) in [4.78, 5) is 10.4. The number of hydrogen-bond acceptors (Lipinski definition) is 5. The third-order valence-corrected chi connectivity index (χ3v) is 6.00. The molecular formula is C17H19N3O4S. The van der Waals surface area contributed by atoms with Crippen molar-refractivity contribution in [1.82, 2.24) is 10.0 Å². The molecule has 132 valence electrons. The van der Waals surface area contributed by atoms with Crippen molar-refractivity contribution < 1.29 is 13.3 Å². The van der Waals surface area contributed by atoms with Gasteiger partial charge in [-0.1, -0.05) is 18.2 Å². The summed E-state index contributed by atoms with van der Waals surface area (Å²) in [6, 6.07) is 8.34. The van der Waals surface area contributed by atoms with Gasteiger partial charge in [-0.25, -0.2) is 13.1 Å². The zero-order valence-corrected chi connectivity index (χ0v) is 14.8. The van der Waals surface area contributed by atoms with E-state index in [-0.39, 0.29) is 17.1 Å². The maximum atomic E-state index is 12.6. The van der Waals surface area contributed by atoms with E-state index in [2.05, 4.69) is 10.0 Å². The molecule has 2 aromatic carbocycles. The third-order valence-electron chi connectivity index (χ3n) is 4.47. The van der Waals surface area contributed by atoms with Crippen LogP contribution in [0.3, 0.4) is 0 Å². The number of nitro groups is 1. The van der Waals surface area contributed by atoms with Gasteiger partial charge in [-0.2, -0.15) is 0 Å². The Hall–Kier alpha value is -2.29. The SMILES string of the molecule is Cc1cc([N+](=O)[O-])cc(S(=O)(=O)NCc2ccc3c(c2)CNC3)c1C. The Labute approximate surface area is 146 Å². The van der Waals surface area contributed by atoms with Crippen LogP contribution in [0.1, 0.15) is 27.8 Å². The van der Waals surface area contributed by atoms with Crippen LogP contribution >= 0.6 is 0 Å². The van der Waals surface area contributed by atoms with Crippen LogP contribution in [0, 0.1) is 24.0 Å². The molecule has 0 bridgehead atoms. The number of non-ortho nitro benzene ring substituents is 1. The molecule has 0 saturated heterocycles. The third kappa shape index (κ3) is 3.55. The van der Waals surface area contributed by atoms with E-state index < -0.39 is 14.9 Å². The Balaban J connectivity index is 1.86. The largest absolute Gasteiger partial charge is 0.309 e. The molecule has 0 saturated carbocycles. The quantitative estimate of drug-likeness (QED) is 0.628. The molecule has 0 aromatic heterocycles. The van der Waals surface area contributed by atoms with E-state index in [1.54, 1.807) is 13.8 Å². The van der Waals surface area contributed by atoms with Gasteiger partial charge >= 0.3 is 0 Å². The van der Waals surface area contributed by atoms with Crippen molar-refractivity contribution in [1.29, 1.82) is 0 Å². The highest BCUT2D eigenvalue weighted by atomic mass is 32.2. The average molecular weight is 361 g/mol. The summed E-state index contributed by atoms with van der Waals surface area (Å²) in [5.41, 5.74) is 4.09. The smallest absolute Gasteiger partial charge is 0.271 e. The molecule has 0 spiro atoms. The number of nitrogens with one attached hydrogen (secondary N) is 2. The van der Waals surface area contributed by atoms with Crippen molar-refractivity contribution >= 4 is 15.7 Å². The lowest BCUT2D eigenvalue weighted by Crippen LogP contribution is -2.24. The molecule has 7 nitrogen and oxygen atoms in total. The average Bonchev–Trinajstić information content (AvgIpc) is 3.02. The van der Waals surface area contributed by atoms with Crippen LogP contribution in [0.25, 0.3) is 0 Å². The fourth-order valence-electron chi connectivity index (χ4n) is 2.91. The van der Waals surface area contributed by atoms with Crippen LogP contribution in [-0.2, 0) is 29.7 Å². The van der Waals surface area contributed by atoms with Crippen molar-refractivity contribution in [3.63, 3.8) is 0 Å². The number of rotatable bonds is 5. The van der Waals surface area contributed by atoms with Crippen LogP contribution in [-0.4, -0.2) is 13.3 Å². The van der Waals surface area contributed by atoms with Crippen LogP contribution < -0.4 is 10.0 Å². The lowest BCUT2D eigenvalue weighted by molar-refractivity contribution is -0.385. The molecule has 2 N–H and O–H groups in total. The van der Waals surface area contributed by atoms with Gasteiger partial charge in [0.25, 0.3) is 5.69 Å². The second-order valence-electron chi connectivity index (χ2n) is 6.17. The first-order valence-electron chi connectivity index (χ1n) is 7.84. The van der Waals surface area contributed by atoms with Crippen molar-refractivity contribution in [3.8, 4) is 0 Å². The second-order valence-corrected chi connectivity index (χ2v) is 7.91. The van der Waals surface area contributed by atoms with Gasteiger partial charge in [0.05, 0.1) is 9.82 Å². The highest BCUT2D eigenvalue weighted by Gasteiger charge is 2.22. The summed E-state index contributed by atoms with van der Waals surface area (Å²) in [5.74, 6) is 0. The maximum Gasteiger partial charge on any atom is 0.271 e. The normalized spacial score (nSPS) is 13.7. The Morgan fingerprint density at radius 1 is 1.16 bits per heavy atom. The molecule has 2 aromatic rings. The van der Waals surface area contributed by atoms with Gasteiger partial charge in [0.1, 0.15) is 0 Å². The van der Waals surface area contributed by atoms with Crippen molar-refractivity contribution in [2.45, 2.75) is 38.4 Å². The number of fused-ring (bicyclic) bond motifs is 1. The number of nitro benzene ring substituents is 1. The highest BCUT2D eigenvalue weighted by Crippen LogP contribution is 2.25. The van der Waals surface area contributed by atoms with Gasteiger partial charge in [-0.3, -0.25) is 10.1 Å². The summed E-state index contributed by atoms with van der Waals surface area (Å²) in [6.07, 6.45) is 0. The lowest BCUT2D eigenvalue weighted by Gasteiger charge is -2.12. The Kier molecular flexibility index (Phi) is 4.59. The lowest BCUT2D eigenvalue weighted by atomic mass is 10.1. The van der Waals surface area contributed by atoms with Crippen LogP contribution in [0.2, 0.25) is 0 Å². The van der Waals surface area contributed by atoms with Gasteiger partial charge < -0.3 is 5.32 Å². The van der Waals surface area contributed by atoms with Crippen LogP contribution in [0.15, 0.2) is 35.2 Å². The van der Waals surface area contributed by atoms with Crippen molar-refractivity contribution in [2.24, 2.45) is 0 Å². The summed E-state index contributed by atoms with van der Waals surface area (Å²) in [6.45, 7) is 5.05. The number of nitrogens with zero attached hydrogens (tertiary/aromatic N) is 1. The molecule has 0 fully saturated rings. The van der Waals surface area contributed by atoms with Gasteiger partial charge in [-0.15, -0.1) is 0 Å². The summed E-state index contributed by atoms with van der Waals surface area (Å²) in [7, 11) is -3.85. The maximum absolute atomic E-state index is 12.6. The Morgan fingerprint density at radius 2 is 1.88 bits per heavy atom. The minimum Gasteiger partial charge on any atom is -0.309 e. The van der Waals surface area contributed by atoms with E-state index in [0.717, 1.165) is 24.7 Å². The summed E-state index contributed by atoms with van der Waals surface area (Å²) >= 11 is 0. The molecular weight excluding hydrogens is 342 g/mol. The minimum atomic E-state index is -3.85. The molecule has 1 aliphatic heterocycles. The zero-order valence-electron chi connectivity index (χ0n) is 14.0. The van der Waals surface area contributed by atoms with Gasteiger partial charge in [0, 0.05) is 31.8 Å². The molecule has 0 amide bonds. The van der Waals surface area contributed by atoms with Crippen molar-refractivity contribution in [2.75, 3.05) is 0 Å². The Morgan fingerprint density at radius 3 is 2.60 bits per heavy atom. The minimum absolute atomic E-state index is 0.0537. The van der Waals surface area contributed by atoms with E-state index in [4.69, 9.17) is 0 Å². The molecule has 0 unspecified atom stereocenters. The Bertz CT molecular complexity index is 955. The van der Waals surface area contributed by atoms with E-state index in [0.29, 0.717) is 11.1 Å².